The van der Waals surface area contributed by atoms with E-state index in [0.717, 1.165) is 12.8 Å². The van der Waals surface area contributed by atoms with Gasteiger partial charge in [0.15, 0.2) is 0 Å². The van der Waals surface area contributed by atoms with E-state index >= 15 is 0 Å². The summed E-state index contributed by atoms with van der Waals surface area (Å²) in [6.07, 6.45) is 2.29. The molecule has 2 atom stereocenters. The summed E-state index contributed by atoms with van der Waals surface area (Å²) >= 11 is 0. The van der Waals surface area contributed by atoms with E-state index < -0.39 is 12.0 Å². The van der Waals surface area contributed by atoms with Gasteiger partial charge < -0.3 is 15.6 Å². The van der Waals surface area contributed by atoms with Gasteiger partial charge in [-0.25, -0.2) is 0 Å². The van der Waals surface area contributed by atoms with Crippen LogP contribution in [-0.4, -0.2) is 36.5 Å². The molecule has 1 saturated heterocycles. The summed E-state index contributed by atoms with van der Waals surface area (Å²) in [6, 6.07) is -0.462. The van der Waals surface area contributed by atoms with Crippen LogP contribution in [0.15, 0.2) is 0 Å². The Balaban J connectivity index is 2.29. The Labute approximate surface area is 77.2 Å². The quantitative estimate of drug-likeness (QED) is 0.554. The van der Waals surface area contributed by atoms with Crippen molar-refractivity contribution in [2.75, 3.05) is 13.2 Å². The second-order valence-electron chi connectivity index (χ2n) is 3.14. The second kappa shape index (κ2) is 5.16. The molecule has 0 amide bonds. The zero-order valence-electron chi connectivity index (χ0n) is 7.53. The van der Waals surface area contributed by atoms with E-state index in [2.05, 4.69) is 5.32 Å². The van der Waals surface area contributed by atoms with Crippen molar-refractivity contribution in [2.45, 2.75) is 31.5 Å². The topological polar surface area (TPSA) is 84.6 Å². The molecule has 1 aliphatic rings. The highest BCUT2D eigenvalue weighted by atomic mass is 16.5. The number of aliphatic carboxylic acids is 1. The molecule has 0 aliphatic carbocycles. The third kappa shape index (κ3) is 3.30. The first-order valence-electron chi connectivity index (χ1n) is 4.54. The molecule has 2 unspecified atom stereocenters. The molecule has 76 valence electrons. The molecule has 1 fully saturated rings. The molecule has 1 rings (SSSR count). The first kappa shape index (κ1) is 10.4. The number of hydrogen-bond acceptors (Lipinski definition) is 4. The molecular weight excluding hydrogens is 172 g/mol. The Morgan fingerprint density at radius 1 is 1.62 bits per heavy atom. The van der Waals surface area contributed by atoms with Crippen molar-refractivity contribution in [3.05, 3.63) is 0 Å². The summed E-state index contributed by atoms with van der Waals surface area (Å²) in [5.41, 5.74) is 5.27. The molecule has 1 aliphatic heterocycles. The molecule has 4 N–H and O–H groups in total. The average molecular weight is 188 g/mol. The summed E-state index contributed by atoms with van der Waals surface area (Å²) in [6.45, 7) is 0.944. The summed E-state index contributed by atoms with van der Waals surface area (Å²) in [5, 5.41) is 11.6. The minimum absolute atomic E-state index is 0.140. The lowest BCUT2D eigenvalue weighted by Crippen LogP contribution is -2.48. The summed E-state index contributed by atoms with van der Waals surface area (Å²) in [5.74, 6) is -0.805. The molecule has 0 aromatic carbocycles. The van der Waals surface area contributed by atoms with Gasteiger partial charge in [-0.05, 0) is 19.3 Å². The van der Waals surface area contributed by atoms with Crippen molar-refractivity contribution >= 4 is 5.97 Å². The van der Waals surface area contributed by atoms with Gasteiger partial charge in [0.25, 0.3) is 0 Å². The Bertz CT molecular complexity index is 175. The number of nitrogens with two attached hydrogens (primary N) is 1. The number of hydrogen-bond donors (Lipinski definition) is 3. The monoisotopic (exact) mass is 188 g/mol. The van der Waals surface area contributed by atoms with Crippen molar-refractivity contribution in [1.29, 1.82) is 0 Å². The molecule has 5 heteroatoms. The molecule has 0 aromatic rings. The molecule has 5 nitrogen and oxygen atoms in total. The van der Waals surface area contributed by atoms with Crippen LogP contribution in [0.4, 0.5) is 0 Å². The fourth-order valence-electron chi connectivity index (χ4n) is 1.43. The van der Waals surface area contributed by atoms with Crippen LogP contribution in [0.3, 0.4) is 0 Å². The lowest BCUT2D eigenvalue weighted by molar-refractivity contribution is -0.142. The summed E-state index contributed by atoms with van der Waals surface area (Å²) in [7, 11) is 0. The van der Waals surface area contributed by atoms with E-state index in [0.29, 0.717) is 19.6 Å². The lowest BCUT2D eigenvalue weighted by Gasteiger charge is -2.28. The number of carbonyl (C=O) groups is 1. The van der Waals surface area contributed by atoms with Crippen LogP contribution >= 0.6 is 0 Å². The van der Waals surface area contributed by atoms with Crippen molar-refractivity contribution in [1.82, 2.24) is 5.32 Å². The van der Waals surface area contributed by atoms with Crippen LogP contribution < -0.4 is 11.1 Å². The van der Waals surface area contributed by atoms with Gasteiger partial charge in [0.2, 0.25) is 0 Å². The van der Waals surface area contributed by atoms with E-state index in [1.807, 2.05) is 0 Å². The van der Waals surface area contributed by atoms with Crippen LogP contribution in [0, 0.1) is 0 Å². The fraction of sp³-hybridized carbons (Fsp3) is 0.875. The van der Waals surface area contributed by atoms with Crippen molar-refractivity contribution in [3.8, 4) is 0 Å². The third-order valence-electron chi connectivity index (χ3n) is 2.08. The van der Waals surface area contributed by atoms with Gasteiger partial charge in [0.05, 0.1) is 6.61 Å². The lowest BCUT2D eigenvalue weighted by atomic mass is 10.0. The maximum Gasteiger partial charge on any atom is 0.320 e. The maximum atomic E-state index is 10.6. The standard InChI is InChI=1S/C8H16N2O3/c9-4-5-13-7-3-1-2-6(10-7)8(11)12/h6-7,10H,1-5,9H2,(H,11,12). The highest BCUT2D eigenvalue weighted by Gasteiger charge is 2.25. The number of carboxylic acid groups (broad SMARTS) is 1. The molecule has 1 heterocycles. The van der Waals surface area contributed by atoms with Crippen molar-refractivity contribution in [3.63, 3.8) is 0 Å². The summed E-state index contributed by atoms with van der Waals surface area (Å²) in [4.78, 5) is 10.6. The molecule has 0 radical (unpaired) electrons. The normalized spacial score (nSPS) is 28.7. The number of nitrogens with one attached hydrogen (secondary N) is 1. The molecule has 0 aromatic heterocycles. The Morgan fingerprint density at radius 2 is 2.38 bits per heavy atom. The number of piperidine rings is 1. The van der Waals surface area contributed by atoms with Crippen molar-refractivity contribution in [2.24, 2.45) is 5.73 Å². The van der Waals surface area contributed by atoms with Crippen LogP contribution in [-0.2, 0) is 9.53 Å². The van der Waals surface area contributed by atoms with Gasteiger partial charge in [0.1, 0.15) is 12.3 Å². The van der Waals surface area contributed by atoms with Gasteiger partial charge in [-0.1, -0.05) is 0 Å². The van der Waals surface area contributed by atoms with Crippen LogP contribution in [0.2, 0.25) is 0 Å². The highest BCUT2D eigenvalue weighted by Crippen LogP contribution is 2.13. The first-order chi connectivity index (χ1) is 6.24. The van der Waals surface area contributed by atoms with Gasteiger partial charge >= 0.3 is 5.97 Å². The van der Waals surface area contributed by atoms with Gasteiger partial charge in [-0.3, -0.25) is 10.1 Å². The maximum absolute atomic E-state index is 10.6. The zero-order chi connectivity index (χ0) is 9.68. The van der Waals surface area contributed by atoms with E-state index in [4.69, 9.17) is 15.6 Å². The number of carboxylic acids is 1. The molecule has 13 heavy (non-hydrogen) atoms. The molecule has 0 saturated carbocycles. The van der Waals surface area contributed by atoms with Gasteiger partial charge in [-0.15, -0.1) is 0 Å². The highest BCUT2D eigenvalue weighted by molar-refractivity contribution is 5.73. The van der Waals surface area contributed by atoms with E-state index in [1.54, 1.807) is 0 Å². The third-order valence-corrected chi connectivity index (χ3v) is 2.08. The minimum Gasteiger partial charge on any atom is -0.480 e. The van der Waals surface area contributed by atoms with E-state index in [-0.39, 0.29) is 6.23 Å². The Hall–Kier alpha value is -0.650. The van der Waals surface area contributed by atoms with E-state index in [9.17, 15) is 4.79 Å². The molecule has 0 bridgehead atoms. The summed E-state index contributed by atoms with van der Waals surface area (Å²) < 4.78 is 5.31. The number of ether oxygens (including phenoxy) is 1. The zero-order valence-corrected chi connectivity index (χ0v) is 7.53. The first-order valence-corrected chi connectivity index (χ1v) is 4.54. The Kier molecular flexibility index (Phi) is 4.14. The van der Waals surface area contributed by atoms with Crippen LogP contribution in [0.5, 0.6) is 0 Å². The smallest absolute Gasteiger partial charge is 0.320 e. The molecular formula is C8H16N2O3. The Morgan fingerprint density at radius 3 is 3.00 bits per heavy atom. The predicted molar refractivity (Wildman–Crippen MR) is 47.2 cm³/mol. The van der Waals surface area contributed by atoms with E-state index in [1.165, 1.54) is 0 Å². The van der Waals surface area contributed by atoms with Crippen LogP contribution in [0.25, 0.3) is 0 Å². The largest absolute Gasteiger partial charge is 0.480 e. The minimum atomic E-state index is -0.805. The predicted octanol–water partition coefficient (Wildman–Crippen LogP) is -0.486. The molecule has 0 spiro atoms. The second-order valence-corrected chi connectivity index (χ2v) is 3.14. The van der Waals surface area contributed by atoms with Crippen molar-refractivity contribution < 1.29 is 14.6 Å². The fourth-order valence-corrected chi connectivity index (χ4v) is 1.43. The number of rotatable bonds is 4. The van der Waals surface area contributed by atoms with Gasteiger partial charge in [0, 0.05) is 6.54 Å². The average Bonchev–Trinajstić information content (AvgIpc) is 2.15. The SMILES string of the molecule is NCCOC1CCCC(C(=O)O)N1. The van der Waals surface area contributed by atoms with Gasteiger partial charge in [-0.2, -0.15) is 0 Å². The van der Waals surface area contributed by atoms with Crippen LogP contribution in [0.1, 0.15) is 19.3 Å².